The largest absolute Gasteiger partial charge is 0.457 e. The maximum absolute atomic E-state index is 12.0. The molecule has 1 aromatic rings. The van der Waals surface area contributed by atoms with Crippen molar-refractivity contribution in [3.8, 4) is 0 Å². The van der Waals surface area contributed by atoms with Gasteiger partial charge in [-0.2, -0.15) is 0 Å². The smallest absolute Gasteiger partial charge is 0.333 e. The van der Waals surface area contributed by atoms with Crippen LogP contribution in [0.2, 0.25) is 0 Å². The Hall–Kier alpha value is -1.57. The normalized spacial score (nSPS) is 28.6. The quantitative estimate of drug-likeness (QED) is 0.608. The molecule has 0 heterocycles. The number of benzene rings is 1. The number of carbonyl (C=O) groups is 1. The van der Waals surface area contributed by atoms with Gasteiger partial charge >= 0.3 is 5.97 Å². The monoisotopic (exact) mass is 270 g/mol. The molecule has 0 aliphatic heterocycles. The van der Waals surface area contributed by atoms with E-state index in [9.17, 15) is 4.79 Å². The number of carbonyl (C=O) groups excluding carboxylic acids is 1. The molecule has 2 heteroatoms. The molecule has 20 heavy (non-hydrogen) atoms. The lowest BCUT2D eigenvalue weighted by molar-refractivity contribution is -0.140. The SMILES string of the molecule is CC(=CC1CC2CCC1C2)C(=O)OCc1ccccc1. The molecule has 2 bridgehead atoms. The highest BCUT2D eigenvalue weighted by molar-refractivity contribution is 5.87. The van der Waals surface area contributed by atoms with E-state index in [1.54, 1.807) is 0 Å². The molecule has 3 unspecified atom stereocenters. The van der Waals surface area contributed by atoms with Crippen molar-refractivity contribution in [3.63, 3.8) is 0 Å². The van der Waals surface area contributed by atoms with E-state index in [4.69, 9.17) is 4.74 Å². The molecule has 2 fully saturated rings. The van der Waals surface area contributed by atoms with Gasteiger partial charge in [0.25, 0.3) is 0 Å². The molecule has 2 saturated carbocycles. The Morgan fingerprint density at radius 1 is 1.25 bits per heavy atom. The number of ether oxygens (including phenoxy) is 1. The summed E-state index contributed by atoms with van der Waals surface area (Å²) in [6.07, 6.45) is 7.54. The lowest BCUT2D eigenvalue weighted by Gasteiger charge is -2.18. The van der Waals surface area contributed by atoms with Crippen LogP contribution in [0.5, 0.6) is 0 Å². The van der Waals surface area contributed by atoms with Gasteiger partial charge in [-0.1, -0.05) is 42.8 Å². The third-order valence-corrected chi connectivity index (χ3v) is 4.79. The van der Waals surface area contributed by atoms with Gasteiger partial charge in [-0.15, -0.1) is 0 Å². The van der Waals surface area contributed by atoms with Crippen molar-refractivity contribution < 1.29 is 9.53 Å². The van der Waals surface area contributed by atoms with Crippen molar-refractivity contribution in [3.05, 3.63) is 47.5 Å². The summed E-state index contributed by atoms with van der Waals surface area (Å²) in [5.41, 5.74) is 1.81. The first-order chi connectivity index (χ1) is 9.72. The fraction of sp³-hybridized carbons (Fsp3) is 0.500. The first-order valence-corrected chi connectivity index (χ1v) is 7.62. The fourth-order valence-electron chi connectivity index (χ4n) is 3.72. The standard InChI is InChI=1S/C18H22O2/c1-13(9-17-11-15-7-8-16(17)10-15)18(19)20-12-14-5-3-2-4-6-14/h2-6,9,15-17H,7-8,10-12H2,1H3. The summed E-state index contributed by atoms with van der Waals surface area (Å²) in [6.45, 7) is 2.25. The first-order valence-electron chi connectivity index (χ1n) is 7.62. The summed E-state index contributed by atoms with van der Waals surface area (Å²) in [4.78, 5) is 12.0. The maximum Gasteiger partial charge on any atom is 0.333 e. The van der Waals surface area contributed by atoms with E-state index in [0.29, 0.717) is 12.5 Å². The van der Waals surface area contributed by atoms with Crippen LogP contribution in [-0.2, 0) is 16.1 Å². The van der Waals surface area contributed by atoms with Crippen LogP contribution in [0.15, 0.2) is 42.0 Å². The van der Waals surface area contributed by atoms with Crippen molar-refractivity contribution in [2.75, 3.05) is 0 Å². The summed E-state index contributed by atoms with van der Waals surface area (Å²) in [6, 6.07) is 9.83. The van der Waals surface area contributed by atoms with Gasteiger partial charge in [-0.3, -0.25) is 0 Å². The van der Waals surface area contributed by atoms with Crippen LogP contribution in [0.1, 0.15) is 38.2 Å². The second kappa shape index (κ2) is 5.82. The molecule has 0 radical (unpaired) electrons. The lowest BCUT2D eigenvalue weighted by atomic mass is 9.87. The van der Waals surface area contributed by atoms with E-state index in [0.717, 1.165) is 23.0 Å². The predicted octanol–water partition coefficient (Wildman–Crippen LogP) is 4.11. The van der Waals surface area contributed by atoms with Gasteiger partial charge in [0.05, 0.1) is 0 Å². The Labute approximate surface area is 120 Å². The van der Waals surface area contributed by atoms with Crippen LogP contribution in [0.3, 0.4) is 0 Å². The molecule has 2 aliphatic rings. The Kier molecular flexibility index (Phi) is 3.90. The van der Waals surface area contributed by atoms with Gasteiger partial charge < -0.3 is 4.74 Å². The average molecular weight is 270 g/mol. The third-order valence-electron chi connectivity index (χ3n) is 4.79. The zero-order valence-corrected chi connectivity index (χ0v) is 12.0. The molecule has 0 saturated heterocycles. The number of esters is 1. The second-order valence-corrected chi connectivity index (χ2v) is 6.25. The number of allylic oxidation sites excluding steroid dienone is 1. The van der Waals surface area contributed by atoms with Crippen LogP contribution >= 0.6 is 0 Å². The van der Waals surface area contributed by atoms with Gasteiger partial charge in [0.2, 0.25) is 0 Å². The minimum absolute atomic E-state index is 0.170. The minimum atomic E-state index is -0.170. The third kappa shape index (κ3) is 2.95. The Morgan fingerprint density at radius 3 is 2.70 bits per heavy atom. The van der Waals surface area contributed by atoms with Gasteiger partial charge in [0, 0.05) is 5.57 Å². The van der Waals surface area contributed by atoms with Crippen molar-refractivity contribution in [1.29, 1.82) is 0 Å². The molecule has 106 valence electrons. The van der Waals surface area contributed by atoms with Gasteiger partial charge in [-0.05, 0) is 49.5 Å². The van der Waals surface area contributed by atoms with Crippen LogP contribution in [0.4, 0.5) is 0 Å². The highest BCUT2D eigenvalue weighted by atomic mass is 16.5. The second-order valence-electron chi connectivity index (χ2n) is 6.25. The van der Waals surface area contributed by atoms with Gasteiger partial charge in [0.1, 0.15) is 6.61 Å². The summed E-state index contributed by atoms with van der Waals surface area (Å²) in [7, 11) is 0. The van der Waals surface area contributed by atoms with Crippen LogP contribution < -0.4 is 0 Å². The zero-order valence-electron chi connectivity index (χ0n) is 12.0. The topological polar surface area (TPSA) is 26.3 Å². The van der Waals surface area contributed by atoms with E-state index in [1.807, 2.05) is 37.3 Å². The van der Waals surface area contributed by atoms with E-state index in [2.05, 4.69) is 6.08 Å². The number of rotatable bonds is 4. The lowest BCUT2D eigenvalue weighted by Crippen LogP contribution is -2.11. The van der Waals surface area contributed by atoms with Crippen LogP contribution in [0.25, 0.3) is 0 Å². The van der Waals surface area contributed by atoms with Gasteiger partial charge in [0.15, 0.2) is 0 Å². The van der Waals surface area contributed by atoms with Crippen molar-refractivity contribution >= 4 is 5.97 Å². The summed E-state index contributed by atoms with van der Waals surface area (Å²) in [5, 5.41) is 0. The molecule has 2 nitrogen and oxygen atoms in total. The van der Waals surface area contributed by atoms with E-state index in [1.165, 1.54) is 25.7 Å². The van der Waals surface area contributed by atoms with Crippen LogP contribution in [0, 0.1) is 17.8 Å². The molecule has 0 N–H and O–H groups in total. The molecule has 3 rings (SSSR count). The van der Waals surface area contributed by atoms with E-state index in [-0.39, 0.29) is 5.97 Å². The summed E-state index contributed by atoms with van der Waals surface area (Å²) < 4.78 is 5.37. The van der Waals surface area contributed by atoms with Crippen molar-refractivity contribution in [2.45, 2.75) is 39.2 Å². The Morgan fingerprint density at radius 2 is 2.05 bits per heavy atom. The van der Waals surface area contributed by atoms with Crippen molar-refractivity contribution in [2.24, 2.45) is 17.8 Å². The fourth-order valence-corrected chi connectivity index (χ4v) is 3.72. The highest BCUT2D eigenvalue weighted by Gasteiger charge is 2.38. The van der Waals surface area contributed by atoms with Gasteiger partial charge in [-0.25, -0.2) is 4.79 Å². The summed E-state index contributed by atoms with van der Waals surface area (Å²) in [5.74, 6) is 2.17. The maximum atomic E-state index is 12.0. The first kappa shape index (κ1) is 13.4. The molecule has 0 amide bonds. The predicted molar refractivity (Wildman–Crippen MR) is 78.9 cm³/mol. The molecule has 2 aliphatic carbocycles. The van der Waals surface area contributed by atoms with E-state index >= 15 is 0 Å². The molecule has 0 aromatic heterocycles. The van der Waals surface area contributed by atoms with Crippen LogP contribution in [-0.4, -0.2) is 5.97 Å². The van der Waals surface area contributed by atoms with E-state index < -0.39 is 0 Å². The molecule has 0 spiro atoms. The molecular formula is C18H22O2. The summed E-state index contributed by atoms with van der Waals surface area (Å²) >= 11 is 0. The average Bonchev–Trinajstić information content (AvgIpc) is 3.08. The minimum Gasteiger partial charge on any atom is -0.457 e. The Bertz CT molecular complexity index is 503. The molecular weight excluding hydrogens is 248 g/mol. The molecule has 1 aromatic carbocycles. The highest BCUT2D eigenvalue weighted by Crippen LogP contribution is 2.49. The number of fused-ring (bicyclic) bond motifs is 2. The Balaban J connectivity index is 1.54. The molecule has 3 atom stereocenters. The van der Waals surface area contributed by atoms with Crippen molar-refractivity contribution in [1.82, 2.24) is 0 Å². The number of hydrogen-bond donors (Lipinski definition) is 0. The zero-order chi connectivity index (χ0) is 13.9. The number of hydrogen-bond acceptors (Lipinski definition) is 2.